The summed E-state index contributed by atoms with van der Waals surface area (Å²) >= 11 is 0. The maximum absolute atomic E-state index is 12.3. The maximum Gasteiger partial charge on any atom is 0.411 e. The van der Waals surface area contributed by atoms with Crippen LogP contribution in [0.1, 0.15) is 67.2 Å². The van der Waals surface area contributed by atoms with E-state index in [-0.39, 0.29) is 18.0 Å². The van der Waals surface area contributed by atoms with Gasteiger partial charge in [0.2, 0.25) is 0 Å². The summed E-state index contributed by atoms with van der Waals surface area (Å²) in [6.45, 7) is 11.8. The molecule has 128 valence electrons. The fourth-order valence-corrected chi connectivity index (χ4v) is 3.06. The van der Waals surface area contributed by atoms with E-state index >= 15 is 0 Å². The monoisotopic (exact) mass is 313 g/mol. The van der Waals surface area contributed by atoms with E-state index < -0.39 is 17.7 Å². The molecule has 0 heterocycles. The van der Waals surface area contributed by atoms with Crippen molar-refractivity contribution in [3.8, 4) is 0 Å². The van der Waals surface area contributed by atoms with Crippen LogP contribution in [0, 0.1) is 11.3 Å². The van der Waals surface area contributed by atoms with Gasteiger partial charge in [0, 0.05) is 6.04 Å². The number of carbonyl (C=O) groups excluding carboxylic acids is 1. The highest BCUT2D eigenvalue weighted by molar-refractivity contribution is 5.77. The summed E-state index contributed by atoms with van der Waals surface area (Å²) in [6, 6.07) is -0.0375. The Balaban J connectivity index is 2.74. The van der Waals surface area contributed by atoms with Crippen LogP contribution in [0.25, 0.3) is 0 Å². The lowest BCUT2D eigenvalue weighted by molar-refractivity contribution is -0.139. The van der Waals surface area contributed by atoms with E-state index in [1.54, 1.807) is 20.8 Å². The van der Waals surface area contributed by atoms with Gasteiger partial charge in [-0.1, -0.05) is 20.8 Å². The summed E-state index contributed by atoms with van der Waals surface area (Å²) in [4.78, 5) is 24.8. The van der Waals surface area contributed by atoms with E-state index in [2.05, 4.69) is 20.8 Å². The van der Waals surface area contributed by atoms with Crippen molar-refractivity contribution in [3.05, 3.63) is 0 Å². The van der Waals surface area contributed by atoms with E-state index in [1.807, 2.05) is 0 Å². The molecule has 0 spiro atoms. The Bertz CT molecular complexity index is 398. The lowest BCUT2D eigenvalue weighted by Gasteiger charge is -2.40. The smallest absolute Gasteiger partial charge is 0.411 e. The third-order valence-electron chi connectivity index (χ3n) is 4.30. The first-order valence-electron chi connectivity index (χ1n) is 8.11. The summed E-state index contributed by atoms with van der Waals surface area (Å²) in [5, 5.41) is 9.09. The van der Waals surface area contributed by atoms with Crippen LogP contribution < -0.4 is 0 Å². The van der Waals surface area contributed by atoms with Gasteiger partial charge in [0.15, 0.2) is 0 Å². The van der Waals surface area contributed by atoms with Gasteiger partial charge in [0.05, 0.1) is 0 Å². The molecule has 22 heavy (non-hydrogen) atoms. The van der Waals surface area contributed by atoms with Crippen LogP contribution >= 0.6 is 0 Å². The van der Waals surface area contributed by atoms with Crippen LogP contribution in [-0.4, -0.2) is 40.3 Å². The molecule has 0 saturated heterocycles. The van der Waals surface area contributed by atoms with Crippen molar-refractivity contribution in [2.45, 2.75) is 78.9 Å². The molecular formula is C17H31NO4. The first-order valence-corrected chi connectivity index (χ1v) is 8.11. The average Bonchev–Trinajstić information content (AvgIpc) is 2.32. The van der Waals surface area contributed by atoms with Crippen LogP contribution in [0.5, 0.6) is 0 Å². The molecule has 0 aromatic rings. The number of nitrogens with zero attached hydrogens (tertiary/aromatic N) is 1. The molecule has 0 aliphatic heterocycles. The van der Waals surface area contributed by atoms with Crippen molar-refractivity contribution >= 4 is 12.1 Å². The van der Waals surface area contributed by atoms with Crippen molar-refractivity contribution in [1.82, 2.24) is 4.90 Å². The predicted octanol–water partition coefficient (Wildman–Crippen LogP) is 3.91. The van der Waals surface area contributed by atoms with Crippen LogP contribution in [0.4, 0.5) is 4.79 Å². The van der Waals surface area contributed by atoms with Crippen molar-refractivity contribution in [2.24, 2.45) is 11.3 Å². The predicted molar refractivity (Wildman–Crippen MR) is 85.8 cm³/mol. The largest absolute Gasteiger partial charge is 0.480 e. The second-order valence-electron chi connectivity index (χ2n) is 8.37. The summed E-state index contributed by atoms with van der Waals surface area (Å²) in [6.07, 6.45) is 3.21. The van der Waals surface area contributed by atoms with Crippen molar-refractivity contribution in [3.63, 3.8) is 0 Å². The van der Waals surface area contributed by atoms with Gasteiger partial charge in [-0.3, -0.25) is 9.69 Å². The minimum absolute atomic E-state index is 0.0375. The zero-order valence-corrected chi connectivity index (χ0v) is 14.8. The van der Waals surface area contributed by atoms with Gasteiger partial charge in [0.25, 0.3) is 0 Å². The molecule has 0 atom stereocenters. The topological polar surface area (TPSA) is 66.8 Å². The van der Waals surface area contributed by atoms with Crippen LogP contribution in [0.3, 0.4) is 0 Å². The Morgan fingerprint density at radius 3 is 1.91 bits per heavy atom. The van der Waals surface area contributed by atoms with Crippen LogP contribution in [-0.2, 0) is 9.53 Å². The molecule has 1 aliphatic rings. The summed E-state index contributed by atoms with van der Waals surface area (Å²) in [5.74, 6) is -0.377. The molecule has 0 bridgehead atoms. The molecule has 1 aliphatic carbocycles. The normalized spacial score (nSPS) is 23.0. The summed E-state index contributed by atoms with van der Waals surface area (Å²) in [7, 11) is 0. The lowest BCUT2D eigenvalue weighted by Crippen LogP contribution is -2.47. The zero-order chi connectivity index (χ0) is 17.1. The Morgan fingerprint density at radius 2 is 1.55 bits per heavy atom. The Kier molecular flexibility index (Phi) is 5.88. The standard InChI is InChI=1S/C17H31NO4/c1-16(2,3)12-7-9-13(10-8-12)18(11-14(19)20)15(21)22-17(4,5)6/h12-13H,7-11H2,1-6H3,(H,19,20). The summed E-state index contributed by atoms with van der Waals surface area (Å²) in [5.41, 5.74) is -0.356. The Hall–Kier alpha value is -1.26. The minimum Gasteiger partial charge on any atom is -0.480 e. The number of carboxylic acid groups (broad SMARTS) is 1. The number of carbonyl (C=O) groups is 2. The first kappa shape index (κ1) is 18.8. The van der Waals surface area contributed by atoms with E-state index in [1.165, 1.54) is 4.90 Å². The average molecular weight is 313 g/mol. The Labute approximate surface area is 134 Å². The van der Waals surface area contributed by atoms with Gasteiger partial charge >= 0.3 is 12.1 Å². The molecule has 1 amide bonds. The lowest BCUT2D eigenvalue weighted by atomic mass is 9.71. The van der Waals surface area contributed by atoms with Crippen molar-refractivity contribution in [1.29, 1.82) is 0 Å². The van der Waals surface area contributed by atoms with Crippen LogP contribution in [0.2, 0.25) is 0 Å². The fourth-order valence-electron chi connectivity index (χ4n) is 3.06. The van der Waals surface area contributed by atoms with E-state index in [0.29, 0.717) is 5.92 Å². The molecule has 0 radical (unpaired) electrons. The molecule has 0 aromatic carbocycles. The molecule has 1 N–H and O–H groups in total. The van der Waals surface area contributed by atoms with E-state index in [9.17, 15) is 9.59 Å². The molecule has 1 saturated carbocycles. The van der Waals surface area contributed by atoms with Gasteiger partial charge in [-0.15, -0.1) is 0 Å². The molecular weight excluding hydrogens is 282 g/mol. The molecule has 5 heteroatoms. The van der Waals surface area contributed by atoms with Crippen molar-refractivity contribution < 1.29 is 19.4 Å². The second kappa shape index (κ2) is 6.88. The summed E-state index contributed by atoms with van der Waals surface area (Å²) < 4.78 is 5.37. The molecule has 1 rings (SSSR count). The highest BCUT2D eigenvalue weighted by atomic mass is 16.6. The second-order valence-corrected chi connectivity index (χ2v) is 8.37. The molecule has 0 aromatic heterocycles. The first-order chi connectivity index (χ1) is 9.90. The minimum atomic E-state index is -0.996. The third kappa shape index (κ3) is 5.85. The maximum atomic E-state index is 12.3. The number of rotatable bonds is 3. The number of carboxylic acids is 1. The number of hydrogen-bond donors (Lipinski definition) is 1. The van der Waals surface area contributed by atoms with E-state index in [4.69, 9.17) is 9.84 Å². The highest BCUT2D eigenvalue weighted by Crippen LogP contribution is 2.39. The number of hydrogen-bond acceptors (Lipinski definition) is 3. The number of aliphatic carboxylic acids is 1. The molecule has 5 nitrogen and oxygen atoms in total. The highest BCUT2D eigenvalue weighted by Gasteiger charge is 2.35. The quantitative estimate of drug-likeness (QED) is 0.857. The van der Waals surface area contributed by atoms with Gasteiger partial charge in [-0.25, -0.2) is 4.79 Å². The number of ether oxygens (including phenoxy) is 1. The molecule has 1 fully saturated rings. The van der Waals surface area contributed by atoms with Gasteiger partial charge in [0.1, 0.15) is 12.1 Å². The van der Waals surface area contributed by atoms with Gasteiger partial charge in [-0.2, -0.15) is 0 Å². The SMILES string of the molecule is CC(C)(C)OC(=O)N(CC(=O)O)C1CCC(C(C)(C)C)CC1. The fraction of sp³-hybridized carbons (Fsp3) is 0.882. The van der Waals surface area contributed by atoms with Crippen molar-refractivity contribution in [2.75, 3.05) is 6.54 Å². The zero-order valence-electron chi connectivity index (χ0n) is 14.8. The van der Waals surface area contributed by atoms with Crippen LogP contribution in [0.15, 0.2) is 0 Å². The Morgan fingerprint density at radius 1 is 1.05 bits per heavy atom. The number of amides is 1. The van der Waals surface area contributed by atoms with E-state index in [0.717, 1.165) is 25.7 Å². The molecule has 0 unspecified atom stereocenters. The van der Waals surface area contributed by atoms with Gasteiger partial charge < -0.3 is 9.84 Å². The van der Waals surface area contributed by atoms with Gasteiger partial charge in [-0.05, 0) is 57.8 Å². The third-order valence-corrected chi connectivity index (χ3v) is 4.30.